The van der Waals surface area contributed by atoms with Gasteiger partial charge in [-0.1, -0.05) is 6.07 Å². The molecule has 0 aliphatic rings. The van der Waals surface area contributed by atoms with E-state index in [1.807, 2.05) is 12.1 Å². The summed E-state index contributed by atoms with van der Waals surface area (Å²) < 4.78 is 27.6. The van der Waals surface area contributed by atoms with Gasteiger partial charge in [-0.15, -0.1) is 0 Å². The summed E-state index contributed by atoms with van der Waals surface area (Å²) in [4.78, 5) is 23.6. The van der Waals surface area contributed by atoms with E-state index in [0.29, 0.717) is 11.5 Å². The first-order valence-electron chi connectivity index (χ1n) is 7.88. The molecule has 0 aliphatic carbocycles. The predicted octanol–water partition coefficient (Wildman–Crippen LogP) is 3.39. The number of halogens is 2. The zero-order valence-corrected chi connectivity index (χ0v) is 13.7. The summed E-state index contributed by atoms with van der Waals surface area (Å²) in [5.41, 5.74) is 1.56. The first kappa shape index (κ1) is 16.6. The Kier molecular flexibility index (Phi) is 4.17. The lowest BCUT2D eigenvalue weighted by Gasteiger charge is -2.06. The van der Waals surface area contributed by atoms with Crippen molar-refractivity contribution in [1.82, 2.24) is 25.1 Å². The number of rotatable bonds is 4. The topological polar surface area (TPSA) is 99.3 Å². The molecule has 0 radical (unpaired) electrons. The van der Waals surface area contributed by atoms with E-state index in [0.717, 1.165) is 23.4 Å². The molecule has 0 atom stereocenters. The average Bonchev–Trinajstić information content (AvgIpc) is 3.31. The number of pyridine rings is 1. The Balaban J connectivity index is 1.62. The first-order chi connectivity index (χ1) is 13.1. The zero-order chi connectivity index (χ0) is 18.8. The lowest BCUT2D eigenvalue weighted by Crippen LogP contribution is -2.16. The first-order valence-corrected chi connectivity index (χ1v) is 7.88. The molecule has 1 amide bonds. The van der Waals surface area contributed by atoms with E-state index >= 15 is 0 Å². The average molecular weight is 366 g/mol. The van der Waals surface area contributed by atoms with Crippen LogP contribution in [-0.2, 0) is 0 Å². The maximum absolute atomic E-state index is 13.8. The lowest BCUT2D eigenvalue weighted by atomic mass is 10.2. The number of anilines is 1. The molecule has 0 fully saturated rings. The summed E-state index contributed by atoms with van der Waals surface area (Å²) in [6, 6.07) is 6.85. The Morgan fingerprint density at radius 2 is 1.78 bits per heavy atom. The fraction of sp³-hybridized carbons (Fsp3) is 0. The van der Waals surface area contributed by atoms with Crippen LogP contribution in [0.15, 0.2) is 55.1 Å². The van der Waals surface area contributed by atoms with Crippen LogP contribution in [0.5, 0.6) is 0 Å². The van der Waals surface area contributed by atoms with Gasteiger partial charge < -0.3 is 10.3 Å². The van der Waals surface area contributed by atoms with Gasteiger partial charge in [0.2, 0.25) is 0 Å². The second kappa shape index (κ2) is 6.79. The van der Waals surface area contributed by atoms with Gasteiger partial charge in [0.05, 0.1) is 23.8 Å². The maximum atomic E-state index is 13.8. The molecule has 7 nitrogen and oxygen atoms in total. The van der Waals surface area contributed by atoms with Crippen molar-refractivity contribution in [2.24, 2.45) is 0 Å². The second-order valence-electron chi connectivity index (χ2n) is 5.59. The highest BCUT2D eigenvalue weighted by atomic mass is 19.1. The maximum Gasteiger partial charge on any atom is 0.261 e. The van der Waals surface area contributed by atoms with Crippen LogP contribution in [-0.4, -0.2) is 31.1 Å². The van der Waals surface area contributed by atoms with Crippen LogP contribution in [0, 0.1) is 11.6 Å². The summed E-state index contributed by atoms with van der Waals surface area (Å²) in [5, 5.41) is 9.04. The van der Waals surface area contributed by atoms with Gasteiger partial charge in [-0.05, 0) is 24.3 Å². The minimum Gasteiger partial charge on any atom is -0.337 e. The molecule has 0 unspecified atom stereocenters. The van der Waals surface area contributed by atoms with Gasteiger partial charge in [0.15, 0.2) is 5.82 Å². The normalized spacial score (nSPS) is 10.7. The number of hydrogen-bond donors (Lipinski definition) is 3. The zero-order valence-electron chi connectivity index (χ0n) is 13.7. The minimum atomic E-state index is -0.949. The number of amides is 1. The van der Waals surface area contributed by atoms with Crippen LogP contribution < -0.4 is 5.32 Å². The Morgan fingerprint density at radius 3 is 2.52 bits per heavy atom. The third-order valence-electron chi connectivity index (χ3n) is 3.88. The standard InChI is InChI=1S/C18H12F2N6O/c19-11-2-1-3-12(20)15(11)18(27)25-14-9-23-26-16(14)17-22-8-13(24-17)10-4-6-21-7-5-10/h1-9H,(H,22,24)(H,23,26)(H,25,27). The molecule has 0 saturated carbocycles. The van der Waals surface area contributed by atoms with E-state index in [-0.39, 0.29) is 5.69 Å². The number of H-pyrrole nitrogens is 2. The molecule has 0 aliphatic heterocycles. The fourth-order valence-electron chi connectivity index (χ4n) is 2.59. The molecule has 3 N–H and O–H groups in total. The van der Waals surface area contributed by atoms with Crippen molar-refractivity contribution in [3.05, 3.63) is 72.3 Å². The van der Waals surface area contributed by atoms with Crippen molar-refractivity contribution in [2.75, 3.05) is 5.32 Å². The number of nitrogens with zero attached hydrogens (tertiary/aromatic N) is 3. The van der Waals surface area contributed by atoms with E-state index in [1.165, 1.54) is 12.3 Å². The fourth-order valence-corrected chi connectivity index (χ4v) is 2.59. The van der Waals surface area contributed by atoms with Crippen molar-refractivity contribution in [3.63, 3.8) is 0 Å². The molecule has 1 aromatic carbocycles. The van der Waals surface area contributed by atoms with Crippen LogP contribution in [0.1, 0.15) is 10.4 Å². The molecular weight excluding hydrogens is 354 g/mol. The number of benzene rings is 1. The molecule has 0 saturated heterocycles. The Morgan fingerprint density at radius 1 is 1.04 bits per heavy atom. The van der Waals surface area contributed by atoms with Gasteiger partial charge in [0.25, 0.3) is 5.91 Å². The minimum absolute atomic E-state index is 0.235. The largest absolute Gasteiger partial charge is 0.337 e. The number of carbonyl (C=O) groups is 1. The number of aromatic nitrogens is 5. The van der Waals surface area contributed by atoms with E-state index in [9.17, 15) is 13.6 Å². The van der Waals surface area contributed by atoms with Crippen molar-refractivity contribution >= 4 is 11.6 Å². The van der Waals surface area contributed by atoms with Crippen molar-refractivity contribution in [3.8, 4) is 22.8 Å². The summed E-state index contributed by atoms with van der Waals surface area (Å²) in [5.74, 6) is -2.41. The van der Waals surface area contributed by atoms with Crippen molar-refractivity contribution < 1.29 is 13.6 Å². The summed E-state index contributed by atoms with van der Waals surface area (Å²) >= 11 is 0. The molecular formula is C18H12F2N6O. The molecule has 9 heteroatoms. The molecule has 3 heterocycles. The van der Waals surface area contributed by atoms with Crippen LogP contribution in [0.3, 0.4) is 0 Å². The third kappa shape index (κ3) is 3.17. The van der Waals surface area contributed by atoms with Crippen LogP contribution >= 0.6 is 0 Å². The van der Waals surface area contributed by atoms with Crippen molar-refractivity contribution in [1.29, 1.82) is 0 Å². The van der Waals surface area contributed by atoms with Crippen molar-refractivity contribution in [2.45, 2.75) is 0 Å². The second-order valence-corrected chi connectivity index (χ2v) is 5.59. The van der Waals surface area contributed by atoms with Gasteiger partial charge >= 0.3 is 0 Å². The third-order valence-corrected chi connectivity index (χ3v) is 3.88. The SMILES string of the molecule is O=C(Nc1cn[nH]c1-c1ncc(-c2ccncc2)[nH]1)c1c(F)cccc1F. The quantitative estimate of drug-likeness (QED) is 0.515. The van der Waals surface area contributed by atoms with E-state index in [4.69, 9.17) is 0 Å². The molecule has 134 valence electrons. The predicted molar refractivity (Wildman–Crippen MR) is 93.7 cm³/mol. The van der Waals surface area contributed by atoms with Gasteiger partial charge in [0.1, 0.15) is 22.9 Å². The Hall–Kier alpha value is -3.88. The molecule has 0 spiro atoms. The van der Waals surface area contributed by atoms with E-state index in [2.05, 4.69) is 30.5 Å². The summed E-state index contributed by atoms with van der Waals surface area (Å²) in [6.07, 6.45) is 6.26. The molecule has 3 aromatic heterocycles. The smallest absolute Gasteiger partial charge is 0.261 e. The summed E-state index contributed by atoms with van der Waals surface area (Å²) in [7, 11) is 0. The van der Waals surface area contributed by atoms with Crippen LogP contribution in [0.2, 0.25) is 0 Å². The van der Waals surface area contributed by atoms with Crippen LogP contribution in [0.25, 0.3) is 22.8 Å². The van der Waals surface area contributed by atoms with E-state index in [1.54, 1.807) is 18.6 Å². The number of carbonyl (C=O) groups excluding carboxylic acids is 1. The number of imidazole rings is 1. The van der Waals surface area contributed by atoms with Gasteiger partial charge in [0, 0.05) is 18.0 Å². The summed E-state index contributed by atoms with van der Waals surface area (Å²) in [6.45, 7) is 0. The number of nitrogens with one attached hydrogen (secondary N) is 3. The number of aromatic amines is 2. The molecule has 27 heavy (non-hydrogen) atoms. The van der Waals surface area contributed by atoms with E-state index < -0.39 is 23.1 Å². The van der Waals surface area contributed by atoms with Gasteiger partial charge in [-0.2, -0.15) is 5.10 Å². The van der Waals surface area contributed by atoms with Crippen LogP contribution in [0.4, 0.5) is 14.5 Å². The lowest BCUT2D eigenvalue weighted by molar-refractivity contribution is 0.101. The highest BCUT2D eigenvalue weighted by Gasteiger charge is 2.20. The Bertz CT molecular complexity index is 1090. The van der Waals surface area contributed by atoms with Gasteiger partial charge in [-0.25, -0.2) is 13.8 Å². The van der Waals surface area contributed by atoms with Gasteiger partial charge in [-0.3, -0.25) is 14.9 Å². The highest BCUT2D eigenvalue weighted by molar-refractivity contribution is 6.06. The molecule has 0 bridgehead atoms. The number of hydrogen-bond acceptors (Lipinski definition) is 4. The highest BCUT2D eigenvalue weighted by Crippen LogP contribution is 2.26. The monoisotopic (exact) mass is 366 g/mol. The Labute approximate surface area is 151 Å². The molecule has 4 aromatic rings. The molecule has 4 rings (SSSR count).